The van der Waals surface area contributed by atoms with Gasteiger partial charge in [0.25, 0.3) is 0 Å². The maximum Gasteiger partial charge on any atom is 0.230 e. The fourth-order valence-corrected chi connectivity index (χ4v) is 12.0. The van der Waals surface area contributed by atoms with Crippen molar-refractivity contribution in [1.82, 2.24) is 0 Å². The van der Waals surface area contributed by atoms with Gasteiger partial charge in [0.2, 0.25) is 5.79 Å². The summed E-state index contributed by atoms with van der Waals surface area (Å²) in [4.78, 5) is 5.63. The van der Waals surface area contributed by atoms with Crippen LogP contribution in [0.1, 0.15) is 153 Å². The lowest BCUT2D eigenvalue weighted by atomic mass is 9.56. The SMILES string of the molecule is C=CCOC12Oc3ccc(Oc4ccc5ccccc5c4)cc3C3C(CCCCO)C(CCCCO)C=C(C(=NOC)CC1SCCCCCCCCCCCCCCCC)C32. The molecule has 1 heterocycles. The molecule has 0 aromatic heterocycles. The van der Waals surface area contributed by atoms with E-state index in [9.17, 15) is 10.2 Å². The number of fused-ring (bicyclic) bond motifs is 3. The Labute approximate surface area is 378 Å². The second kappa shape index (κ2) is 25.9. The molecular formula is C54H77NO6S. The standard InChI is InChI=1S/C54H77NO6S/c1-4-6-7-8-9-10-11-12-13-14-15-16-17-24-36-62-51-40-49(55-58-3)47-38-43(27-20-22-33-56)46(28-21-23-34-57)52-48-39-45(60-44-30-29-41-25-18-19-26-42(41)37-44)31-32-50(48)61-54(51,53(47)52)59-35-5-2/h5,18-19,25-26,29-32,37-39,43,46,51-53,56-57H,2,4,6-17,20-24,27-28,33-36,40H2,1,3H3. The van der Waals surface area contributed by atoms with Gasteiger partial charge in [0.05, 0.1) is 23.5 Å². The first-order chi connectivity index (χ1) is 30.6. The first-order valence-corrected chi connectivity index (χ1v) is 25.5. The number of oxime groups is 1. The van der Waals surface area contributed by atoms with Crippen LogP contribution < -0.4 is 9.47 Å². The number of unbranched alkanes of at least 4 members (excludes halogenated alkanes) is 15. The summed E-state index contributed by atoms with van der Waals surface area (Å²) in [6, 6.07) is 20.9. The van der Waals surface area contributed by atoms with Crippen LogP contribution in [0.2, 0.25) is 0 Å². The number of ether oxygens (including phenoxy) is 3. The zero-order valence-electron chi connectivity index (χ0n) is 38.1. The van der Waals surface area contributed by atoms with Crippen LogP contribution >= 0.6 is 11.8 Å². The minimum Gasteiger partial charge on any atom is -0.460 e. The Hall–Kier alpha value is -3.30. The molecule has 3 aliphatic rings. The number of thioether (sulfide) groups is 1. The summed E-state index contributed by atoms with van der Waals surface area (Å²) in [5.41, 5.74) is 3.27. The predicted molar refractivity (Wildman–Crippen MR) is 259 cm³/mol. The van der Waals surface area contributed by atoms with Gasteiger partial charge in [-0.2, -0.15) is 11.8 Å². The van der Waals surface area contributed by atoms with Crippen molar-refractivity contribution in [2.75, 3.05) is 32.7 Å². The molecule has 1 aliphatic heterocycles. The van der Waals surface area contributed by atoms with Crippen LogP contribution in [-0.2, 0) is 9.57 Å². The number of hydrogen-bond donors (Lipinski definition) is 2. The maximum absolute atomic E-state index is 9.96. The van der Waals surface area contributed by atoms with Crippen molar-refractivity contribution in [3.05, 3.63) is 90.5 Å². The largest absolute Gasteiger partial charge is 0.460 e. The van der Waals surface area contributed by atoms with Gasteiger partial charge in [0.1, 0.15) is 24.4 Å². The van der Waals surface area contributed by atoms with E-state index < -0.39 is 5.79 Å². The molecule has 0 bridgehead atoms. The number of aliphatic hydroxyl groups is 2. The number of allylic oxidation sites excluding steroid dienone is 1. The van der Waals surface area contributed by atoms with Gasteiger partial charge in [-0.25, -0.2) is 0 Å². The number of rotatable bonds is 30. The van der Waals surface area contributed by atoms with Crippen LogP contribution in [0, 0.1) is 17.8 Å². The van der Waals surface area contributed by atoms with Crippen molar-refractivity contribution < 1.29 is 29.3 Å². The average molecular weight is 868 g/mol. The van der Waals surface area contributed by atoms with E-state index >= 15 is 0 Å². The fraction of sp³-hybridized carbons (Fsp3) is 0.611. The summed E-state index contributed by atoms with van der Waals surface area (Å²) in [6.07, 6.45) is 29.1. The van der Waals surface area contributed by atoms with Crippen LogP contribution in [0.5, 0.6) is 17.2 Å². The Morgan fingerprint density at radius 1 is 0.774 bits per heavy atom. The van der Waals surface area contributed by atoms with Crippen molar-refractivity contribution in [3.63, 3.8) is 0 Å². The van der Waals surface area contributed by atoms with Gasteiger partial charge in [0, 0.05) is 31.1 Å². The number of hydrogen-bond acceptors (Lipinski definition) is 8. The molecule has 1 saturated carbocycles. The highest BCUT2D eigenvalue weighted by Crippen LogP contribution is 2.62. The van der Waals surface area contributed by atoms with Gasteiger partial charge in [-0.1, -0.05) is 151 Å². The maximum atomic E-state index is 9.96. The molecule has 2 aliphatic carbocycles. The highest BCUT2D eigenvalue weighted by Gasteiger charge is 2.64. The third-order valence-electron chi connectivity index (χ3n) is 13.6. The van der Waals surface area contributed by atoms with Crippen molar-refractivity contribution >= 4 is 28.2 Å². The lowest BCUT2D eigenvalue weighted by molar-refractivity contribution is -0.223. The molecule has 0 amide bonds. The zero-order chi connectivity index (χ0) is 43.4. The lowest BCUT2D eigenvalue weighted by Gasteiger charge is -2.58. The van der Waals surface area contributed by atoms with Crippen molar-refractivity contribution in [3.8, 4) is 17.2 Å². The smallest absolute Gasteiger partial charge is 0.230 e. The summed E-state index contributed by atoms with van der Waals surface area (Å²) in [5, 5.41) is 26.9. The number of aliphatic hydroxyl groups excluding tert-OH is 2. The van der Waals surface area contributed by atoms with Gasteiger partial charge in [-0.15, -0.1) is 6.58 Å². The van der Waals surface area contributed by atoms with E-state index in [4.69, 9.17) is 24.2 Å². The van der Waals surface area contributed by atoms with E-state index in [0.717, 1.165) is 90.2 Å². The minimum atomic E-state index is -0.947. The zero-order valence-corrected chi connectivity index (χ0v) is 38.9. The molecule has 1 fully saturated rings. The lowest BCUT2D eigenvalue weighted by Crippen LogP contribution is -2.64. The van der Waals surface area contributed by atoms with Crippen molar-refractivity contribution in [2.24, 2.45) is 22.9 Å². The van der Waals surface area contributed by atoms with Crippen LogP contribution in [0.15, 0.2) is 90.1 Å². The number of nitrogens with zero attached hydrogens (tertiary/aromatic N) is 1. The van der Waals surface area contributed by atoms with Gasteiger partial charge >= 0.3 is 0 Å². The second-order valence-electron chi connectivity index (χ2n) is 18.0. The molecule has 3 aromatic carbocycles. The predicted octanol–water partition coefficient (Wildman–Crippen LogP) is 14.1. The quantitative estimate of drug-likeness (QED) is 0.0392. The molecule has 6 atom stereocenters. The molecule has 0 saturated heterocycles. The van der Waals surface area contributed by atoms with E-state index in [2.05, 4.69) is 68.1 Å². The van der Waals surface area contributed by atoms with E-state index in [0.29, 0.717) is 13.0 Å². The van der Waals surface area contributed by atoms with E-state index in [1.165, 1.54) is 88.9 Å². The fourth-order valence-electron chi connectivity index (χ4n) is 10.5. The third-order valence-corrected chi connectivity index (χ3v) is 15.0. The molecule has 7 nitrogen and oxygen atoms in total. The molecule has 62 heavy (non-hydrogen) atoms. The van der Waals surface area contributed by atoms with E-state index in [-0.39, 0.29) is 42.1 Å². The molecule has 340 valence electrons. The van der Waals surface area contributed by atoms with Gasteiger partial charge in [-0.05, 0) is 96.4 Å². The minimum absolute atomic E-state index is 0.0197. The average Bonchev–Trinajstić information content (AvgIpc) is 3.29. The first-order valence-electron chi connectivity index (χ1n) is 24.5. The molecule has 2 N–H and O–H groups in total. The molecule has 0 radical (unpaired) electrons. The highest BCUT2D eigenvalue weighted by molar-refractivity contribution is 8.00. The van der Waals surface area contributed by atoms with Crippen molar-refractivity contribution in [2.45, 2.75) is 159 Å². The summed E-state index contributed by atoms with van der Waals surface area (Å²) in [5.74, 6) is 2.87. The summed E-state index contributed by atoms with van der Waals surface area (Å²) < 4.78 is 21.1. The van der Waals surface area contributed by atoms with Gasteiger partial charge in [-0.3, -0.25) is 0 Å². The van der Waals surface area contributed by atoms with Crippen LogP contribution in [0.25, 0.3) is 10.8 Å². The normalized spacial score (nSPS) is 23.4. The summed E-state index contributed by atoms with van der Waals surface area (Å²) in [6.45, 7) is 7.11. The molecule has 8 heteroatoms. The first kappa shape index (κ1) is 48.2. The van der Waals surface area contributed by atoms with Gasteiger partial charge < -0.3 is 29.3 Å². The van der Waals surface area contributed by atoms with E-state index in [1.54, 1.807) is 7.11 Å². The monoisotopic (exact) mass is 868 g/mol. The molecule has 6 unspecified atom stereocenters. The Bertz CT molecular complexity index is 1860. The molecule has 6 rings (SSSR count). The highest BCUT2D eigenvalue weighted by atomic mass is 32.2. The Kier molecular flexibility index (Phi) is 20.1. The Morgan fingerprint density at radius 2 is 1.42 bits per heavy atom. The van der Waals surface area contributed by atoms with E-state index in [1.807, 2.05) is 30.0 Å². The molecule has 3 aromatic rings. The summed E-state index contributed by atoms with van der Waals surface area (Å²) >= 11 is 1.97. The second-order valence-corrected chi connectivity index (χ2v) is 19.3. The third kappa shape index (κ3) is 12.7. The van der Waals surface area contributed by atoms with Crippen LogP contribution in [0.3, 0.4) is 0 Å². The van der Waals surface area contributed by atoms with Crippen molar-refractivity contribution in [1.29, 1.82) is 0 Å². The Morgan fingerprint density at radius 3 is 2.10 bits per heavy atom. The van der Waals surface area contributed by atoms with Crippen LogP contribution in [0.4, 0.5) is 0 Å². The van der Waals surface area contributed by atoms with Gasteiger partial charge in [0.15, 0.2) is 0 Å². The van der Waals surface area contributed by atoms with Crippen LogP contribution in [-0.4, -0.2) is 59.6 Å². The molecular weight excluding hydrogens is 791 g/mol. The Balaban J connectivity index is 1.25. The topological polar surface area (TPSA) is 89.7 Å². The number of benzene rings is 3. The molecule has 0 spiro atoms. The summed E-state index contributed by atoms with van der Waals surface area (Å²) in [7, 11) is 1.65.